The van der Waals surface area contributed by atoms with E-state index in [1.54, 1.807) is 31.5 Å². The third kappa shape index (κ3) is 2.23. The van der Waals surface area contributed by atoms with Gasteiger partial charge in [0.2, 0.25) is 5.91 Å². The molecule has 0 fully saturated rings. The minimum atomic E-state index is -0.572. The van der Waals surface area contributed by atoms with Crippen LogP contribution in [-0.4, -0.2) is 29.1 Å². The summed E-state index contributed by atoms with van der Waals surface area (Å²) in [6, 6.07) is 5.25. The van der Waals surface area contributed by atoms with Gasteiger partial charge in [0, 0.05) is 24.0 Å². The SMILES string of the molecule is CN=Cc1c(N)ncnc1C1C(=O)Nc2ccc(Cl)cc21. The van der Waals surface area contributed by atoms with Crippen molar-refractivity contribution in [3.63, 3.8) is 0 Å². The van der Waals surface area contributed by atoms with E-state index in [4.69, 9.17) is 17.3 Å². The monoisotopic (exact) mass is 301 g/mol. The average molecular weight is 302 g/mol. The van der Waals surface area contributed by atoms with E-state index in [1.165, 1.54) is 6.33 Å². The van der Waals surface area contributed by atoms with Crippen LogP contribution in [0.25, 0.3) is 0 Å². The second-order valence-corrected chi connectivity index (χ2v) is 5.04. The average Bonchev–Trinajstić information content (AvgIpc) is 2.77. The molecule has 1 aromatic carbocycles. The number of nitrogens with one attached hydrogen (secondary N) is 1. The molecule has 3 N–H and O–H groups in total. The topological polar surface area (TPSA) is 93.3 Å². The Labute approximate surface area is 126 Å². The highest BCUT2D eigenvalue weighted by molar-refractivity contribution is 6.31. The lowest BCUT2D eigenvalue weighted by atomic mass is 9.94. The largest absolute Gasteiger partial charge is 0.383 e. The van der Waals surface area contributed by atoms with Gasteiger partial charge in [-0.3, -0.25) is 9.79 Å². The number of nitrogens with zero attached hydrogens (tertiary/aromatic N) is 3. The highest BCUT2D eigenvalue weighted by Crippen LogP contribution is 2.39. The maximum atomic E-state index is 12.3. The number of fused-ring (bicyclic) bond motifs is 1. The summed E-state index contributed by atoms with van der Waals surface area (Å²) in [6.45, 7) is 0. The number of hydrogen-bond acceptors (Lipinski definition) is 5. The van der Waals surface area contributed by atoms with Crippen molar-refractivity contribution in [2.24, 2.45) is 4.99 Å². The maximum Gasteiger partial charge on any atom is 0.238 e. The molecule has 6 nitrogen and oxygen atoms in total. The van der Waals surface area contributed by atoms with Gasteiger partial charge in [0.1, 0.15) is 18.1 Å². The number of hydrogen-bond donors (Lipinski definition) is 2. The zero-order valence-electron chi connectivity index (χ0n) is 11.2. The molecule has 7 heteroatoms. The predicted molar refractivity (Wildman–Crippen MR) is 81.9 cm³/mol. The van der Waals surface area contributed by atoms with Gasteiger partial charge in [0.05, 0.1) is 11.3 Å². The molecule has 0 saturated heterocycles. The number of benzene rings is 1. The summed E-state index contributed by atoms with van der Waals surface area (Å²) in [5.41, 5.74) is 8.44. The van der Waals surface area contributed by atoms with Crippen LogP contribution in [0.2, 0.25) is 5.02 Å². The Bertz CT molecular complexity index is 759. The van der Waals surface area contributed by atoms with Crippen LogP contribution in [0.1, 0.15) is 22.7 Å². The van der Waals surface area contributed by atoms with E-state index in [0.29, 0.717) is 16.3 Å². The first kappa shape index (κ1) is 13.5. The number of halogens is 1. The molecule has 0 aliphatic carbocycles. The number of nitrogen functional groups attached to an aromatic ring is 1. The molecule has 0 spiro atoms. The molecule has 3 rings (SSSR count). The number of nitrogens with two attached hydrogens (primary N) is 1. The van der Waals surface area contributed by atoms with Crippen LogP contribution in [0.3, 0.4) is 0 Å². The number of rotatable bonds is 2. The Morgan fingerprint density at radius 2 is 2.24 bits per heavy atom. The molecule has 106 valence electrons. The smallest absolute Gasteiger partial charge is 0.238 e. The molecule has 21 heavy (non-hydrogen) atoms. The van der Waals surface area contributed by atoms with E-state index in [9.17, 15) is 4.79 Å². The fourth-order valence-corrected chi connectivity index (χ4v) is 2.60. The molecule has 1 unspecified atom stereocenters. The van der Waals surface area contributed by atoms with Gasteiger partial charge in [-0.2, -0.15) is 0 Å². The second kappa shape index (κ2) is 5.14. The standard InChI is InChI=1S/C14H12ClN5O/c1-17-5-9-12(18-6-19-13(9)16)11-8-4-7(15)2-3-10(8)20-14(11)21/h2-6,11H,1H3,(H,20,21)(H2,16,18,19). The first-order valence-electron chi connectivity index (χ1n) is 6.24. The summed E-state index contributed by atoms with van der Waals surface area (Å²) in [5.74, 6) is -0.456. The Hall–Kier alpha value is -2.47. The van der Waals surface area contributed by atoms with Gasteiger partial charge in [-0.1, -0.05) is 11.6 Å². The van der Waals surface area contributed by atoms with Gasteiger partial charge >= 0.3 is 0 Å². The van der Waals surface area contributed by atoms with Crippen LogP contribution in [0.4, 0.5) is 11.5 Å². The Balaban J connectivity index is 2.21. The van der Waals surface area contributed by atoms with E-state index in [1.807, 2.05) is 0 Å². The van der Waals surface area contributed by atoms with Crippen molar-refractivity contribution >= 4 is 35.2 Å². The van der Waals surface area contributed by atoms with Gasteiger partial charge in [0.25, 0.3) is 0 Å². The molecule has 0 bridgehead atoms. The van der Waals surface area contributed by atoms with Crippen LogP contribution < -0.4 is 11.1 Å². The van der Waals surface area contributed by atoms with E-state index in [0.717, 1.165) is 11.3 Å². The minimum absolute atomic E-state index is 0.170. The lowest BCUT2D eigenvalue weighted by Gasteiger charge is -2.12. The highest BCUT2D eigenvalue weighted by Gasteiger charge is 2.35. The second-order valence-electron chi connectivity index (χ2n) is 4.60. The number of amides is 1. The summed E-state index contributed by atoms with van der Waals surface area (Å²) in [6.07, 6.45) is 2.90. The minimum Gasteiger partial charge on any atom is -0.383 e. The maximum absolute atomic E-state index is 12.3. The molecule has 1 aromatic heterocycles. The van der Waals surface area contributed by atoms with Gasteiger partial charge in [-0.25, -0.2) is 9.97 Å². The number of anilines is 2. The third-order valence-electron chi connectivity index (χ3n) is 3.32. The molecule has 2 heterocycles. The van der Waals surface area contributed by atoms with Crippen LogP contribution in [0.15, 0.2) is 29.5 Å². The zero-order valence-corrected chi connectivity index (χ0v) is 11.9. The third-order valence-corrected chi connectivity index (χ3v) is 3.56. The van der Waals surface area contributed by atoms with Gasteiger partial charge in [-0.15, -0.1) is 0 Å². The first-order chi connectivity index (χ1) is 10.1. The summed E-state index contributed by atoms with van der Waals surface area (Å²) in [7, 11) is 1.62. The van der Waals surface area contributed by atoms with Crippen molar-refractivity contribution in [1.29, 1.82) is 0 Å². The number of carbonyl (C=O) groups is 1. The molecule has 0 radical (unpaired) electrons. The van der Waals surface area contributed by atoms with Crippen molar-refractivity contribution in [2.75, 3.05) is 18.1 Å². The normalized spacial score (nSPS) is 17.0. The van der Waals surface area contributed by atoms with Crippen LogP contribution in [0.5, 0.6) is 0 Å². The van der Waals surface area contributed by atoms with Crippen molar-refractivity contribution in [3.8, 4) is 0 Å². The molecule has 2 aromatic rings. The molecular formula is C14H12ClN5O. The Kier molecular flexibility index (Phi) is 3.31. The van der Waals surface area contributed by atoms with Crippen molar-refractivity contribution < 1.29 is 4.79 Å². The number of carbonyl (C=O) groups excluding carboxylic acids is 1. The van der Waals surface area contributed by atoms with Crippen LogP contribution in [-0.2, 0) is 4.79 Å². The lowest BCUT2D eigenvalue weighted by Crippen LogP contribution is -2.17. The van der Waals surface area contributed by atoms with E-state index in [2.05, 4.69) is 20.3 Å². The van der Waals surface area contributed by atoms with Crippen molar-refractivity contribution in [2.45, 2.75) is 5.92 Å². The molecule has 0 saturated carbocycles. The van der Waals surface area contributed by atoms with E-state index < -0.39 is 5.92 Å². The fourth-order valence-electron chi connectivity index (χ4n) is 2.42. The van der Waals surface area contributed by atoms with E-state index >= 15 is 0 Å². The predicted octanol–water partition coefficient (Wildman–Crippen LogP) is 1.84. The van der Waals surface area contributed by atoms with Crippen LogP contribution in [0, 0.1) is 0 Å². The number of aliphatic imine (C=N–C) groups is 1. The van der Waals surface area contributed by atoms with Gasteiger partial charge in [0.15, 0.2) is 0 Å². The molecule has 1 atom stereocenters. The van der Waals surface area contributed by atoms with Gasteiger partial charge < -0.3 is 11.1 Å². The summed E-state index contributed by atoms with van der Waals surface area (Å²) in [5, 5.41) is 3.38. The fraction of sp³-hybridized carbons (Fsp3) is 0.143. The Morgan fingerprint density at radius 3 is 3.00 bits per heavy atom. The summed E-state index contributed by atoms with van der Waals surface area (Å²) in [4.78, 5) is 24.4. The quantitative estimate of drug-likeness (QED) is 0.828. The van der Waals surface area contributed by atoms with Crippen molar-refractivity contribution in [1.82, 2.24) is 9.97 Å². The summed E-state index contributed by atoms with van der Waals surface area (Å²) >= 11 is 6.03. The van der Waals surface area contributed by atoms with Crippen molar-refractivity contribution in [3.05, 3.63) is 46.4 Å². The van der Waals surface area contributed by atoms with E-state index in [-0.39, 0.29) is 11.7 Å². The lowest BCUT2D eigenvalue weighted by molar-refractivity contribution is -0.116. The van der Waals surface area contributed by atoms with Gasteiger partial charge in [-0.05, 0) is 23.8 Å². The summed E-state index contributed by atoms with van der Waals surface area (Å²) < 4.78 is 0. The van der Waals surface area contributed by atoms with Crippen LogP contribution >= 0.6 is 11.6 Å². The molecule has 1 amide bonds. The Morgan fingerprint density at radius 1 is 1.43 bits per heavy atom. The highest BCUT2D eigenvalue weighted by atomic mass is 35.5. The molecular weight excluding hydrogens is 290 g/mol. The first-order valence-corrected chi connectivity index (χ1v) is 6.62. The molecule has 1 aliphatic rings. The zero-order chi connectivity index (χ0) is 15.0. The number of aromatic nitrogens is 2. The molecule has 1 aliphatic heterocycles.